The monoisotopic (exact) mass is 283 g/mol. The summed E-state index contributed by atoms with van der Waals surface area (Å²) in [5.74, 6) is 0.895. The van der Waals surface area contributed by atoms with E-state index in [1.165, 1.54) is 15.8 Å². The number of hydrogen-bond donors (Lipinski definition) is 1. The predicted molar refractivity (Wildman–Crippen MR) is 85.4 cm³/mol. The van der Waals surface area contributed by atoms with Crippen LogP contribution in [-0.2, 0) is 0 Å². The number of fused-ring (bicyclic) bond motifs is 1. The summed E-state index contributed by atoms with van der Waals surface area (Å²) in [4.78, 5) is 1.21. The molecule has 3 heteroatoms. The molecule has 0 radical (unpaired) electrons. The van der Waals surface area contributed by atoms with E-state index in [1.807, 2.05) is 24.3 Å². The Kier molecular flexibility index (Phi) is 3.72. The van der Waals surface area contributed by atoms with E-state index in [-0.39, 0.29) is 6.10 Å². The van der Waals surface area contributed by atoms with Crippen LogP contribution in [0.4, 0.5) is 0 Å². The summed E-state index contributed by atoms with van der Waals surface area (Å²) in [5.41, 5.74) is 7.15. The first-order valence-corrected chi connectivity index (χ1v) is 7.56. The Hall–Kier alpha value is -1.84. The van der Waals surface area contributed by atoms with E-state index in [2.05, 4.69) is 36.6 Å². The maximum Gasteiger partial charge on any atom is 0.145 e. The molecule has 1 aromatic heterocycles. The Morgan fingerprint density at radius 1 is 1.10 bits per heavy atom. The molecule has 0 aliphatic heterocycles. The molecule has 0 aliphatic carbocycles. The van der Waals surface area contributed by atoms with E-state index in [9.17, 15) is 0 Å². The highest BCUT2D eigenvalue weighted by Gasteiger charge is 2.16. The molecule has 0 bridgehead atoms. The largest absolute Gasteiger partial charge is 0.483 e. The molecule has 2 nitrogen and oxygen atoms in total. The predicted octanol–water partition coefficient (Wildman–Crippen LogP) is 4.29. The number of hydrogen-bond acceptors (Lipinski definition) is 3. The van der Waals surface area contributed by atoms with Crippen molar-refractivity contribution in [1.82, 2.24) is 0 Å². The van der Waals surface area contributed by atoms with Crippen molar-refractivity contribution < 1.29 is 4.74 Å². The minimum Gasteiger partial charge on any atom is -0.483 e. The SMILES string of the molecule is Cc1ccsc1C(CN)Oc1cccc2ccccc12. The van der Waals surface area contributed by atoms with Gasteiger partial charge in [0.25, 0.3) is 0 Å². The lowest BCUT2D eigenvalue weighted by Gasteiger charge is -2.18. The van der Waals surface area contributed by atoms with E-state index in [0.717, 1.165) is 11.1 Å². The van der Waals surface area contributed by atoms with Crippen molar-refractivity contribution in [2.24, 2.45) is 5.73 Å². The number of nitrogens with two attached hydrogens (primary N) is 1. The van der Waals surface area contributed by atoms with Gasteiger partial charge in [0.1, 0.15) is 11.9 Å². The van der Waals surface area contributed by atoms with Gasteiger partial charge in [-0.1, -0.05) is 36.4 Å². The maximum absolute atomic E-state index is 6.19. The van der Waals surface area contributed by atoms with Gasteiger partial charge in [0.2, 0.25) is 0 Å². The summed E-state index contributed by atoms with van der Waals surface area (Å²) in [6, 6.07) is 16.5. The summed E-state index contributed by atoms with van der Waals surface area (Å²) < 4.78 is 6.19. The fourth-order valence-corrected chi connectivity index (χ4v) is 3.34. The van der Waals surface area contributed by atoms with E-state index >= 15 is 0 Å². The molecular weight excluding hydrogens is 266 g/mol. The smallest absolute Gasteiger partial charge is 0.145 e. The van der Waals surface area contributed by atoms with E-state index < -0.39 is 0 Å². The highest BCUT2D eigenvalue weighted by Crippen LogP contribution is 2.32. The van der Waals surface area contributed by atoms with E-state index in [1.54, 1.807) is 11.3 Å². The van der Waals surface area contributed by atoms with Crippen molar-refractivity contribution in [3.8, 4) is 5.75 Å². The minimum absolute atomic E-state index is 0.0826. The molecule has 0 saturated carbocycles. The van der Waals surface area contributed by atoms with Crippen molar-refractivity contribution in [2.75, 3.05) is 6.54 Å². The molecule has 1 heterocycles. The minimum atomic E-state index is -0.0826. The first-order valence-electron chi connectivity index (χ1n) is 6.68. The highest BCUT2D eigenvalue weighted by molar-refractivity contribution is 7.10. The number of rotatable bonds is 4. The maximum atomic E-state index is 6.19. The lowest BCUT2D eigenvalue weighted by atomic mass is 10.1. The molecule has 3 aromatic rings. The first-order chi connectivity index (χ1) is 9.79. The molecular formula is C17H17NOS. The van der Waals surface area contributed by atoms with Crippen LogP contribution in [0.1, 0.15) is 16.5 Å². The zero-order valence-electron chi connectivity index (χ0n) is 11.4. The number of aryl methyl sites for hydroxylation is 1. The van der Waals surface area contributed by atoms with Crippen molar-refractivity contribution in [1.29, 1.82) is 0 Å². The second kappa shape index (κ2) is 5.65. The summed E-state index contributed by atoms with van der Waals surface area (Å²) in [5, 5.41) is 4.39. The normalized spacial score (nSPS) is 12.5. The Morgan fingerprint density at radius 2 is 1.90 bits per heavy atom. The van der Waals surface area contributed by atoms with Gasteiger partial charge in [-0.25, -0.2) is 0 Å². The molecule has 1 unspecified atom stereocenters. The molecule has 2 N–H and O–H groups in total. The zero-order chi connectivity index (χ0) is 13.9. The molecule has 1 atom stereocenters. The average Bonchev–Trinajstić information content (AvgIpc) is 2.91. The van der Waals surface area contributed by atoms with Crippen molar-refractivity contribution in [3.05, 3.63) is 64.4 Å². The van der Waals surface area contributed by atoms with Crippen LogP contribution >= 0.6 is 11.3 Å². The quantitative estimate of drug-likeness (QED) is 0.775. The van der Waals surface area contributed by atoms with Gasteiger partial charge in [-0.3, -0.25) is 0 Å². The van der Waals surface area contributed by atoms with E-state index in [0.29, 0.717) is 6.54 Å². The molecule has 0 fully saturated rings. The third-order valence-electron chi connectivity index (χ3n) is 3.43. The Balaban J connectivity index is 1.98. The number of thiophene rings is 1. The fraction of sp³-hybridized carbons (Fsp3) is 0.176. The lowest BCUT2D eigenvalue weighted by molar-refractivity contribution is 0.220. The van der Waals surface area contributed by atoms with Crippen LogP contribution in [0.2, 0.25) is 0 Å². The van der Waals surface area contributed by atoms with Gasteiger partial charge >= 0.3 is 0 Å². The van der Waals surface area contributed by atoms with Crippen LogP contribution in [0.15, 0.2) is 53.9 Å². The first kappa shape index (κ1) is 13.2. The van der Waals surface area contributed by atoms with Crippen LogP contribution in [0.25, 0.3) is 10.8 Å². The van der Waals surface area contributed by atoms with Crippen LogP contribution in [0.3, 0.4) is 0 Å². The van der Waals surface area contributed by atoms with Gasteiger partial charge in [-0.05, 0) is 35.4 Å². The highest BCUT2D eigenvalue weighted by atomic mass is 32.1. The van der Waals surface area contributed by atoms with Crippen LogP contribution < -0.4 is 10.5 Å². The summed E-state index contributed by atoms with van der Waals surface area (Å²) in [6.07, 6.45) is -0.0826. The topological polar surface area (TPSA) is 35.2 Å². The van der Waals surface area contributed by atoms with Crippen LogP contribution in [0.5, 0.6) is 5.75 Å². The molecule has 2 aromatic carbocycles. The van der Waals surface area contributed by atoms with Gasteiger partial charge in [0.05, 0.1) is 0 Å². The Morgan fingerprint density at radius 3 is 2.65 bits per heavy atom. The molecule has 102 valence electrons. The summed E-state index contributed by atoms with van der Waals surface area (Å²) in [6.45, 7) is 2.57. The zero-order valence-corrected chi connectivity index (χ0v) is 12.2. The van der Waals surface area contributed by atoms with Gasteiger partial charge in [0.15, 0.2) is 0 Å². The second-order valence-electron chi connectivity index (χ2n) is 4.79. The Labute approximate surface area is 122 Å². The van der Waals surface area contributed by atoms with Gasteiger partial charge in [-0.2, -0.15) is 0 Å². The summed E-state index contributed by atoms with van der Waals surface area (Å²) in [7, 11) is 0. The fourth-order valence-electron chi connectivity index (χ4n) is 2.37. The lowest BCUT2D eigenvalue weighted by Crippen LogP contribution is -2.18. The summed E-state index contributed by atoms with van der Waals surface area (Å²) >= 11 is 1.70. The van der Waals surface area contributed by atoms with Gasteiger partial charge < -0.3 is 10.5 Å². The van der Waals surface area contributed by atoms with Crippen LogP contribution in [0, 0.1) is 6.92 Å². The van der Waals surface area contributed by atoms with Crippen molar-refractivity contribution in [3.63, 3.8) is 0 Å². The third kappa shape index (κ3) is 2.42. The van der Waals surface area contributed by atoms with Crippen LogP contribution in [-0.4, -0.2) is 6.54 Å². The second-order valence-corrected chi connectivity index (χ2v) is 5.74. The molecule has 3 rings (SSSR count). The van der Waals surface area contributed by atoms with Gasteiger partial charge in [0, 0.05) is 16.8 Å². The van der Waals surface area contributed by atoms with Gasteiger partial charge in [-0.15, -0.1) is 11.3 Å². The molecule has 0 spiro atoms. The van der Waals surface area contributed by atoms with Crippen molar-refractivity contribution in [2.45, 2.75) is 13.0 Å². The molecule has 0 saturated heterocycles. The average molecular weight is 283 g/mol. The Bertz CT molecular complexity index is 714. The van der Waals surface area contributed by atoms with Crippen molar-refractivity contribution >= 4 is 22.1 Å². The number of benzene rings is 2. The number of ether oxygens (including phenoxy) is 1. The standard InChI is InChI=1S/C17H17NOS/c1-12-9-10-20-17(12)16(11-18)19-15-8-4-6-13-5-2-3-7-14(13)15/h2-10,16H,11,18H2,1H3. The molecule has 20 heavy (non-hydrogen) atoms. The van der Waals surface area contributed by atoms with E-state index in [4.69, 9.17) is 10.5 Å². The molecule has 0 aliphatic rings. The third-order valence-corrected chi connectivity index (χ3v) is 4.54. The molecule has 0 amide bonds.